The first-order valence-electron chi connectivity index (χ1n) is 4.66. The Labute approximate surface area is 85.0 Å². The molecule has 0 aliphatic heterocycles. The summed E-state index contributed by atoms with van der Waals surface area (Å²) in [6.07, 6.45) is 0. The van der Waals surface area contributed by atoms with Gasteiger partial charge in [0, 0.05) is 6.04 Å². The largest absolute Gasteiger partial charge is 0.508 e. The molecule has 74 valence electrons. The van der Waals surface area contributed by atoms with Gasteiger partial charge in [0.2, 0.25) is 0 Å². The number of hydrogen-bond donors (Lipinski definition) is 2. The van der Waals surface area contributed by atoms with Gasteiger partial charge in [-0.2, -0.15) is 0 Å². The van der Waals surface area contributed by atoms with Crippen molar-refractivity contribution in [2.75, 3.05) is 6.54 Å². The number of hydrogen-bond acceptors (Lipinski definition) is 2. The summed E-state index contributed by atoms with van der Waals surface area (Å²) in [6.45, 7) is 4.54. The average Bonchev–Trinajstić information content (AvgIpc) is 2.18. The molecule has 0 amide bonds. The van der Waals surface area contributed by atoms with Crippen molar-refractivity contribution >= 4 is 0 Å². The molecule has 1 rings (SSSR count). The van der Waals surface area contributed by atoms with Crippen molar-refractivity contribution in [3.05, 3.63) is 29.8 Å². The van der Waals surface area contributed by atoms with Crippen molar-refractivity contribution in [2.45, 2.75) is 19.9 Å². The highest BCUT2D eigenvalue weighted by atomic mass is 16.3. The smallest absolute Gasteiger partial charge is 0.115 e. The zero-order chi connectivity index (χ0) is 10.4. The molecule has 0 saturated carbocycles. The van der Waals surface area contributed by atoms with Gasteiger partial charge in [-0.05, 0) is 31.5 Å². The van der Waals surface area contributed by atoms with Crippen molar-refractivity contribution in [1.82, 2.24) is 5.32 Å². The summed E-state index contributed by atoms with van der Waals surface area (Å²) in [5.41, 5.74) is 1.07. The molecular weight excluding hydrogens is 174 g/mol. The average molecular weight is 189 g/mol. The molecule has 0 saturated heterocycles. The van der Waals surface area contributed by atoms with Crippen molar-refractivity contribution < 1.29 is 5.11 Å². The minimum Gasteiger partial charge on any atom is -0.508 e. The lowest BCUT2D eigenvalue weighted by Gasteiger charge is -2.11. The number of benzene rings is 1. The van der Waals surface area contributed by atoms with E-state index in [1.807, 2.05) is 26.0 Å². The minimum atomic E-state index is 0.211. The van der Waals surface area contributed by atoms with E-state index in [0.717, 1.165) is 5.56 Å². The fourth-order valence-electron chi connectivity index (χ4n) is 1.20. The van der Waals surface area contributed by atoms with Crippen LogP contribution in [-0.2, 0) is 0 Å². The number of nitrogens with one attached hydrogen (secondary N) is 1. The third-order valence-corrected chi connectivity index (χ3v) is 2.04. The van der Waals surface area contributed by atoms with Crippen molar-refractivity contribution in [3.63, 3.8) is 0 Å². The summed E-state index contributed by atoms with van der Waals surface area (Å²) >= 11 is 0. The predicted octanol–water partition coefficient (Wildman–Crippen LogP) is 2.07. The van der Waals surface area contributed by atoms with Gasteiger partial charge in [0.05, 0.1) is 6.54 Å². The van der Waals surface area contributed by atoms with E-state index in [4.69, 9.17) is 0 Å². The molecule has 1 unspecified atom stereocenters. The van der Waals surface area contributed by atoms with Crippen LogP contribution in [-0.4, -0.2) is 11.7 Å². The molecule has 2 N–H and O–H groups in total. The SMILES string of the molecule is CC#CCNC(C)c1cccc(O)c1. The van der Waals surface area contributed by atoms with E-state index >= 15 is 0 Å². The molecule has 0 heterocycles. The molecule has 0 fully saturated rings. The molecule has 1 aromatic carbocycles. The van der Waals surface area contributed by atoms with Crippen molar-refractivity contribution in [1.29, 1.82) is 0 Å². The Hall–Kier alpha value is -1.46. The molecule has 0 bridgehead atoms. The van der Waals surface area contributed by atoms with E-state index in [-0.39, 0.29) is 6.04 Å². The maximum absolute atomic E-state index is 9.28. The quantitative estimate of drug-likeness (QED) is 0.713. The number of phenolic OH excluding ortho intramolecular Hbond substituents is 1. The van der Waals surface area contributed by atoms with Gasteiger partial charge in [-0.1, -0.05) is 18.1 Å². The summed E-state index contributed by atoms with van der Waals surface area (Å²) in [4.78, 5) is 0. The van der Waals surface area contributed by atoms with Gasteiger partial charge in [-0.25, -0.2) is 0 Å². The first-order valence-corrected chi connectivity index (χ1v) is 4.66. The second kappa shape index (κ2) is 5.31. The standard InChI is InChI=1S/C12H15NO/c1-3-4-8-13-10(2)11-6-5-7-12(14)9-11/h5-7,9-10,13-14H,8H2,1-2H3. The maximum atomic E-state index is 9.28. The summed E-state index contributed by atoms with van der Waals surface area (Å²) in [5.74, 6) is 6.07. The monoisotopic (exact) mass is 189 g/mol. The van der Waals surface area contributed by atoms with Gasteiger partial charge in [0.25, 0.3) is 0 Å². The van der Waals surface area contributed by atoms with Gasteiger partial charge in [-0.3, -0.25) is 5.32 Å². The molecule has 0 radical (unpaired) electrons. The van der Waals surface area contributed by atoms with E-state index < -0.39 is 0 Å². The van der Waals surface area contributed by atoms with E-state index in [1.165, 1.54) is 0 Å². The van der Waals surface area contributed by atoms with Crippen LogP contribution < -0.4 is 5.32 Å². The van der Waals surface area contributed by atoms with Gasteiger partial charge < -0.3 is 5.11 Å². The predicted molar refractivity (Wildman–Crippen MR) is 58.0 cm³/mol. The highest BCUT2D eigenvalue weighted by Crippen LogP contribution is 2.17. The Morgan fingerprint density at radius 2 is 2.29 bits per heavy atom. The maximum Gasteiger partial charge on any atom is 0.115 e. The van der Waals surface area contributed by atoms with Crippen LogP contribution in [0, 0.1) is 11.8 Å². The molecule has 1 atom stereocenters. The highest BCUT2D eigenvalue weighted by Gasteiger charge is 2.03. The van der Waals surface area contributed by atoms with Gasteiger partial charge >= 0.3 is 0 Å². The lowest BCUT2D eigenvalue weighted by molar-refractivity contribution is 0.473. The van der Waals surface area contributed by atoms with Crippen molar-refractivity contribution in [2.24, 2.45) is 0 Å². The van der Waals surface area contributed by atoms with Crippen LogP contribution in [0.2, 0.25) is 0 Å². The van der Waals surface area contributed by atoms with Crippen LogP contribution in [0.5, 0.6) is 5.75 Å². The van der Waals surface area contributed by atoms with Gasteiger partial charge in [0.15, 0.2) is 0 Å². The molecule has 0 spiro atoms. The molecule has 2 heteroatoms. The van der Waals surface area contributed by atoms with Crippen LogP contribution in [0.15, 0.2) is 24.3 Å². The summed E-state index contributed by atoms with van der Waals surface area (Å²) in [7, 11) is 0. The van der Waals surface area contributed by atoms with E-state index in [0.29, 0.717) is 12.3 Å². The second-order valence-corrected chi connectivity index (χ2v) is 3.12. The lowest BCUT2D eigenvalue weighted by Crippen LogP contribution is -2.18. The summed E-state index contributed by atoms with van der Waals surface area (Å²) < 4.78 is 0. The van der Waals surface area contributed by atoms with Crippen LogP contribution in [0.25, 0.3) is 0 Å². The highest BCUT2D eigenvalue weighted by molar-refractivity contribution is 5.29. The molecule has 1 aromatic rings. The Morgan fingerprint density at radius 1 is 1.50 bits per heavy atom. The summed E-state index contributed by atoms with van der Waals surface area (Å²) in [6, 6.07) is 7.47. The van der Waals surface area contributed by atoms with Crippen LogP contribution in [0.4, 0.5) is 0 Å². The van der Waals surface area contributed by atoms with Crippen molar-refractivity contribution in [3.8, 4) is 17.6 Å². The van der Waals surface area contributed by atoms with Crippen LogP contribution in [0.3, 0.4) is 0 Å². The second-order valence-electron chi connectivity index (χ2n) is 3.12. The fourth-order valence-corrected chi connectivity index (χ4v) is 1.20. The third kappa shape index (κ3) is 3.12. The molecular formula is C12H15NO. The van der Waals surface area contributed by atoms with E-state index in [9.17, 15) is 5.11 Å². The minimum absolute atomic E-state index is 0.211. The third-order valence-electron chi connectivity index (χ3n) is 2.04. The number of phenols is 1. The molecule has 0 aliphatic carbocycles. The first-order chi connectivity index (χ1) is 6.74. The Bertz CT molecular complexity index is 349. The summed E-state index contributed by atoms with van der Waals surface area (Å²) in [5, 5.41) is 12.5. The molecule has 14 heavy (non-hydrogen) atoms. The number of aromatic hydroxyl groups is 1. The Balaban J connectivity index is 2.58. The molecule has 2 nitrogen and oxygen atoms in total. The van der Waals surface area contributed by atoms with Crippen LogP contribution >= 0.6 is 0 Å². The lowest BCUT2D eigenvalue weighted by atomic mass is 10.1. The number of rotatable bonds is 3. The zero-order valence-corrected chi connectivity index (χ0v) is 8.54. The first kappa shape index (κ1) is 10.6. The Kier molecular flexibility index (Phi) is 4.03. The topological polar surface area (TPSA) is 32.3 Å². The normalized spacial score (nSPS) is 11.6. The molecule has 0 aromatic heterocycles. The van der Waals surface area contributed by atoms with E-state index in [1.54, 1.807) is 12.1 Å². The fraction of sp³-hybridized carbons (Fsp3) is 0.333. The van der Waals surface area contributed by atoms with Crippen LogP contribution in [0.1, 0.15) is 25.5 Å². The molecule has 0 aliphatic rings. The zero-order valence-electron chi connectivity index (χ0n) is 8.54. The Morgan fingerprint density at radius 3 is 2.93 bits per heavy atom. The van der Waals surface area contributed by atoms with E-state index in [2.05, 4.69) is 17.2 Å². The van der Waals surface area contributed by atoms with Gasteiger partial charge in [-0.15, -0.1) is 5.92 Å². The van der Waals surface area contributed by atoms with Gasteiger partial charge in [0.1, 0.15) is 5.75 Å².